The van der Waals surface area contributed by atoms with E-state index in [9.17, 15) is 0 Å². The van der Waals surface area contributed by atoms with Gasteiger partial charge in [-0.1, -0.05) is 43.7 Å². The monoisotopic (exact) mass is 190 g/mol. The van der Waals surface area contributed by atoms with E-state index in [1.54, 1.807) is 0 Å². The van der Waals surface area contributed by atoms with Gasteiger partial charge in [0.15, 0.2) is 0 Å². The van der Waals surface area contributed by atoms with Crippen molar-refractivity contribution in [2.24, 2.45) is 5.92 Å². The highest BCUT2D eigenvalue weighted by Crippen LogP contribution is 2.28. The van der Waals surface area contributed by atoms with E-state index < -0.39 is 0 Å². The molecule has 1 heteroatoms. The zero-order valence-corrected chi connectivity index (χ0v) is 8.78. The maximum Gasteiger partial charge on any atom is 0.0720 e. The van der Waals surface area contributed by atoms with E-state index in [0.717, 1.165) is 12.5 Å². The fourth-order valence-electron chi connectivity index (χ4n) is 2.14. The molecule has 2 rings (SSSR count). The van der Waals surface area contributed by atoms with Crippen molar-refractivity contribution in [1.29, 1.82) is 0 Å². The van der Waals surface area contributed by atoms with Crippen molar-refractivity contribution in [2.45, 2.75) is 38.9 Å². The normalized spacial score (nSPS) is 26.6. The molecule has 1 aromatic rings. The quantitative estimate of drug-likeness (QED) is 0.710. The van der Waals surface area contributed by atoms with E-state index in [1.807, 2.05) is 6.07 Å². The lowest BCUT2D eigenvalue weighted by molar-refractivity contribution is 0.0207. The number of ether oxygens (including phenoxy) is 1. The van der Waals surface area contributed by atoms with Crippen LogP contribution in [-0.2, 0) is 11.3 Å². The van der Waals surface area contributed by atoms with Crippen molar-refractivity contribution in [1.82, 2.24) is 0 Å². The first-order valence-electron chi connectivity index (χ1n) is 5.52. The molecule has 1 nitrogen and oxygen atoms in total. The van der Waals surface area contributed by atoms with Crippen molar-refractivity contribution in [2.75, 3.05) is 0 Å². The summed E-state index contributed by atoms with van der Waals surface area (Å²) in [5.74, 6) is 0.749. The lowest BCUT2D eigenvalue weighted by atomic mass is 10.1. The molecule has 0 aliphatic heterocycles. The van der Waals surface area contributed by atoms with Crippen LogP contribution in [0.15, 0.2) is 30.3 Å². The highest BCUT2D eigenvalue weighted by Gasteiger charge is 2.23. The lowest BCUT2D eigenvalue weighted by Crippen LogP contribution is -2.15. The maximum absolute atomic E-state index is 5.90. The van der Waals surface area contributed by atoms with Crippen molar-refractivity contribution >= 4 is 0 Å². The van der Waals surface area contributed by atoms with Crippen LogP contribution in [-0.4, -0.2) is 6.10 Å². The minimum absolute atomic E-state index is 0.496. The molecule has 1 aromatic carbocycles. The summed E-state index contributed by atoms with van der Waals surface area (Å²) in [4.78, 5) is 0. The molecule has 0 heterocycles. The molecular formula is C13H18O. The third-order valence-corrected chi connectivity index (χ3v) is 3.09. The molecule has 0 spiro atoms. The van der Waals surface area contributed by atoms with Gasteiger partial charge in [0.25, 0.3) is 0 Å². The van der Waals surface area contributed by atoms with Crippen LogP contribution in [0.4, 0.5) is 0 Å². The van der Waals surface area contributed by atoms with Gasteiger partial charge >= 0.3 is 0 Å². The molecule has 1 saturated carbocycles. The van der Waals surface area contributed by atoms with E-state index in [0.29, 0.717) is 6.10 Å². The van der Waals surface area contributed by atoms with E-state index >= 15 is 0 Å². The number of benzene rings is 1. The summed E-state index contributed by atoms with van der Waals surface area (Å²) in [6.45, 7) is 3.07. The zero-order chi connectivity index (χ0) is 9.80. The van der Waals surface area contributed by atoms with Gasteiger partial charge in [-0.2, -0.15) is 0 Å². The number of hydrogen-bond donors (Lipinski definition) is 0. The molecule has 0 N–H and O–H groups in total. The molecule has 14 heavy (non-hydrogen) atoms. The fourth-order valence-corrected chi connectivity index (χ4v) is 2.14. The average Bonchev–Trinajstić information content (AvgIpc) is 2.63. The van der Waals surface area contributed by atoms with Crippen LogP contribution in [0.25, 0.3) is 0 Å². The maximum atomic E-state index is 5.90. The van der Waals surface area contributed by atoms with E-state index in [1.165, 1.54) is 24.8 Å². The Morgan fingerprint density at radius 1 is 1.21 bits per heavy atom. The van der Waals surface area contributed by atoms with Crippen LogP contribution in [0.1, 0.15) is 31.7 Å². The molecule has 0 aromatic heterocycles. The van der Waals surface area contributed by atoms with Gasteiger partial charge in [0.05, 0.1) is 12.7 Å². The Labute approximate surface area is 86.1 Å². The van der Waals surface area contributed by atoms with Crippen LogP contribution < -0.4 is 0 Å². The topological polar surface area (TPSA) is 9.23 Å². The summed E-state index contributed by atoms with van der Waals surface area (Å²) in [6.07, 6.45) is 4.41. The van der Waals surface area contributed by atoms with Crippen molar-refractivity contribution in [3.05, 3.63) is 35.9 Å². The van der Waals surface area contributed by atoms with Crippen molar-refractivity contribution < 1.29 is 4.74 Å². The van der Waals surface area contributed by atoms with Gasteiger partial charge in [-0.05, 0) is 24.3 Å². The summed E-state index contributed by atoms with van der Waals surface area (Å²) in [5, 5.41) is 0. The predicted molar refractivity (Wildman–Crippen MR) is 58.0 cm³/mol. The van der Waals surface area contributed by atoms with E-state index in [-0.39, 0.29) is 0 Å². The zero-order valence-electron chi connectivity index (χ0n) is 8.78. The summed E-state index contributed by atoms with van der Waals surface area (Å²) >= 11 is 0. The van der Waals surface area contributed by atoms with Gasteiger partial charge in [-0.3, -0.25) is 0 Å². The number of rotatable bonds is 3. The summed E-state index contributed by atoms with van der Waals surface area (Å²) in [6, 6.07) is 10.4. The van der Waals surface area contributed by atoms with Crippen LogP contribution in [0, 0.1) is 5.92 Å². The fraction of sp³-hybridized carbons (Fsp3) is 0.538. The smallest absolute Gasteiger partial charge is 0.0720 e. The minimum Gasteiger partial charge on any atom is -0.373 e. The molecule has 1 unspecified atom stereocenters. The SMILES string of the molecule is CC1CCC[C@@H]1OCc1ccccc1. The van der Waals surface area contributed by atoms with Crippen molar-refractivity contribution in [3.8, 4) is 0 Å². The molecule has 0 amide bonds. The van der Waals surface area contributed by atoms with Gasteiger partial charge in [-0.25, -0.2) is 0 Å². The Morgan fingerprint density at radius 3 is 2.64 bits per heavy atom. The second-order valence-corrected chi connectivity index (χ2v) is 4.24. The van der Waals surface area contributed by atoms with Gasteiger partial charge in [-0.15, -0.1) is 0 Å². The predicted octanol–water partition coefficient (Wildman–Crippen LogP) is 3.39. The highest BCUT2D eigenvalue weighted by atomic mass is 16.5. The molecule has 76 valence electrons. The molecule has 2 atom stereocenters. The third kappa shape index (κ3) is 2.36. The summed E-state index contributed by atoms with van der Waals surface area (Å²) < 4.78 is 5.90. The van der Waals surface area contributed by atoms with Gasteiger partial charge in [0, 0.05) is 0 Å². The van der Waals surface area contributed by atoms with E-state index in [4.69, 9.17) is 4.74 Å². The standard InChI is InChI=1S/C13H18O/c1-11-6-5-9-13(11)14-10-12-7-3-2-4-8-12/h2-4,7-8,11,13H,5-6,9-10H2,1H3/t11?,13-/m0/s1. The molecule has 0 bridgehead atoms. The first kappa shape index (κ1) is 9.72. The Balaban J connectivity index is 1.82. The van der Waals surface area contributed by atoms with Crippen LogP contribution >= 0.6 is 0 Å². The highest BCUT2D eigenvalue weighted by molar-refractivity contribution is 5.13. The third-order valence-electron chi connectivity index (χ3n) is 3.09. The van der Waals surface area contributed by atoms with Crippen LogP contribution in [0.3, 0.4) is 0 Å². The lowest BCUT2D eigenvalue weighted by Gasteiger charge is -2.16. The molecular weight excluding hydrogens is 172 g/mol. The molecule has 0 radical (unpaired) electrons. The molecule has 0 saturated heterocycles. The van der Waals surface area contributed by atoms with Gasteiger partial charge in [0.1, 0.15) is 0 Å². The first-order chi connectivity index (χ1) is 6.86. The molecule has 1 aliphatic rings. The summed E-state index contributed by atoms with van der Waals surface area (Å²) in [7, 11) is 0. The second kappa shape index (κ2) is 4.61. The molecule has 1 fully saturated rings. The van der Waals surface area contributed by atoms with Gasteiger partial charge < -0.3 is 4.74 Å². The first-order valence-corrected chi connectivity index (χ1v) is 5.52. The molecule has 1 aliphatic carbocycles. The van der Waals surface area contributed by atoms with Crippen LogP contribution in [0.5, 0.6) is 0 Å². The Bertz CT molecular complexity index is 268. The second-order valence-electron chi connectivity index (χ2n) is 4.24. The summed E-state index contributed by atoms with van der Waals surface area (Å²) in [5.41, 5.74) is 1.28. The van der Waals surface area contributed by atoms with Crippen LogP contribution in [0.2, 0.25) is 0 Å². The largest absolute Gasteiger partial charge is 0.373 e. The average molecular weight is 190 g/mol. The van der Waals surface area contributed by atoms with E-state index in [2.05, 4.69) is 31.2 Å². The Kier molecular flexibility index (Phi) is 3.20. The Hall–Kier alpha value is -0.820. The van der Waals surface area contributed by atoms with Gasteiger partial charge in [0.2, 0.25) is 0 Å². The van der Waals surface area contributed by atoms with Crippen molar-refractivity contribution in [3.63, 3.8) is 0 Å². The number of hydrogen-bond acceptors (Lipinski definition) is 1. The minimum atomic E-state index is 0.496. The Morgan fingerprint density at radius 2 is 2.00 bits per heavy atom.